The van der Waals surface area contributed by atoms with Crippen LogP contribution in [0.2, 0.25) is 51.4 Å². The van der Waals surface area contributed by atoms with Gasteiger partial charge >= 0.3 is 6.09 Å². The first-order valence-corrected chi connectivity index (χ1v) is 26.8. The average molecular weight is 760 g/mol. The molecule has 0 saturated carbocycles. The largest absolute Gasteiger partial charge is 0.497 e. The van der Waals surface area contributed by atoms with E-state index in [1.54, 1.807) is 7.11 Å². The Balaban J connectivity index is 1.39. The van der Waals surface area contributed by atoms with Crippen LogP contribution in [0.5, 0.6) is 5.75 Å². The molecule has 2 aromatic carbocycles. The monoisotopic (exact) mass is 759 g/mol. The van der Waals surface area contributed by atoms with Crippen molar-refractivity contribution in [2.45, 2.75) is 121 Å². The molecular formula is C41H61N5O5Si2. The lowest BCUT2D eigenvalue weighted by atomic mass is 9.88. The molecule has 2 bridgehead atoms. The highest BCUT2D eigenvalue weighted by molar-refractivity contribution is 6.76. The standard InChI is InChI=1S/C41H61N5O5Si2/c1-41(2,3)51-40(47)45-33-14-15-34(45)23-32(22-33)37-25-38(44(27-49-17-19-52(5,6)7)28-50-18-20-53(8,9)10)46-39(43-37)36(26-42-46)30-12-11-29-13-16-35(48-4)24-31(29)21-30/h11-13,16,21,24-26,32-34H,14-15,17-20,22-23,27-28H2,1-10H3/t32-,33-,34+. The molecule has 4 aromatic rings. The van der Waals surface area contributed by atoms with Crippen molar-refractivity contribution in [3.05, 3.63) is 54.4 Å². The summed E-state index contributed by atoms with van der Waals surface area (Å²) in [6.45, 7) is 22.3. The average Bonchev–Trinajstić information content (AvgIpc) is 3.62. The normalized spacial score (nSPS) is 19.3. The van der Waals surface area contributed by atoms with Crippen LogP contribution in [0.1, 0.15) is 58.1 Å². The number of rotatable bonds is 14. The van der Waals surface area contributed by atoms with E-state index in [4.69, 9.17) is 29.0 Å². The molecule has 2 saturated heterocycles. The van der Waals surface area contributed by atoms with Crippen LogP contribution >= 0.6 is 0 Å². The van der Waals surface area contributed by atoms with Gasteiger partial charge in [-0.3, -0.25) is 0 Å². The number of hydrogen-bond acceptors (Lipinski definition) is 8. The molecule has 288 valence electrons. The summed E-state index contributed by atoms with van der Waals surface area (Å²) in [5.74, 6) is 1.91. The molecule has 2 aliphatic heterocycles. The van der Waals surface area contributed by atoms with Gasteiger partial charge in [-0.05, 0) is 93.1 Å². The van der Waals surface area contributed by atoms with Crippen molar-refractivity contribution in [3.63, 3.8) is 0 Å². The molecule has 0 N–H and O–H groups in total. The molecule has 53 heavy (non-hydrogen) atoms. The fourth-order valence-electron chi connectivity index (χ4n) is 7.43. The van der Waals surface area contributed by atoms with E-state index < -0.39 is 21.7 Å². The second kappa shape index (κ2) is 15.7. The zero-order chi connectivity index (χ0) is 38.1. The molecule has 0 unspecified atom stereocenters. The summed E-state index contributed by atoms with van der Waals surface area (Å²) >= 11 is 0. The van der Waals surface area contributed by atoms with E-state index in [0.717, 1.165) is 82.6 Å². The van der Waals surface area contributed by atoms with Crippen LogP contribution in [0, 0.1) is 0 Å². The van der Waals surface area contributed by atoms with Crippen molar-refractivity contribution in [2.24, 2.45) is 0 Å². The summed E-state index contributed by atoms with van der Waals surface area (Å²) < 4.78 is 26.2. The molecule has 3 atom stereocenters. The Morgan fingerprint density at radius 3 is 2.08 bits per heavy atom. The summed E-state index contributed by atoms with van der Waals surface area (Å²) in [5.41, 5.74) is 3.30. The lowest BCUT2D eigenvalue weighted by Gasteiger charge is -2.39. The fraction of sp³-hybridized carbons (Fsp3) is 0.585. The number of benzene rings is 2. The van der Waals surface area contributed by atoms with Gasteiger partial charge in [0.15, 0.2) is 5.65 Å². The van der Waals surface area contributed by atoms with Gasteiger partial charge in [0, 0.05) is 64.7 Å². The molecule has 0 aliphatic carbocycles. The molecular weight excluding hydrogens is 699 g/mol. The fourth-order valence-corrected chi connectivity index (χ4v) is 8.94. The molecule has 6 rings (SSSR count). The van der Waals surface area contributed by atoms with Crippen LogP contribution in [-0.4, -0.2) is 93.2 Å². The maximum absolute atomic E-state index is 13.3. The van der Waals surface area contributed by atoms with E-state index >= 15 is 0 Å². The van der Waals surface area contributed by atoms with Crippen molar-refractivity contribution in [3.8, 4) is 16.9 Å². The topological polar surface area (TPSA) is 90.7 Å². The minimum absolute atomic E-state index is 0.126. The van der Waals surface area contributed by atoms with Crippen LogP contribution in [-0.2, 0) is 14.2 Å². The molecule has 2 fully saturated rings. The Kier molecular flexibility index (Phi) is 11.6. The molecule has 4 heterocycles. The second-order valence-corrected chi connectivity index (χ2v) is 29.7. The van der Waals surface area contributed by atoms with E-state index in [2.05, 4.69) is 80.6 Å². The highest BCUT2D eigenvalue weighted by atomic mass is 28.3. The van der Waals surface area contributed by atoms with E-state index in [1.165, 1.54) is 0 Å². The molecule has 12 heteroatoms. The number of amides is 1. The van der Waals surface area contributed by atoms with Gasteiger partial charge in [-0.1, -0.05) is 57.5 Å². The molecule has 2 aromatic heterocycles. The van der Waals surface area contributed by atoms with Crippen LogP contribution < -0.4 is 9.64 Å². The Morgan fingerprint density at radius 1 is 0.868 bits per heavy atom. The number of carbonyl (C=O) groups is 1. The Morgan fingerprint density at radius 2 is 1.49 bits per heavy atom. The van der Waals surface area contributed by atoms with Crippen LogP contribution in [0.25, 0.3) is 27.5 Å². The first kappa shape index (κ1) is 39.2. The molecule has 0 radical (unpaired) electrons. The van der Waals surface area contributed by atoms with Crippen molar-refractivity contribution < 1.29 is 23.7 Å². The third kappa shape index (κ3) is 9.81. The zero-order valence-electron chi connectivity index (χ0n) is 33.7. The van der Waals surface area contributed by atoms with Gasteiger partial charge < -0.3 is 28.7 Å². The number of aromatic nitrogens is 3. The minimum Gasteiger partial charge on any atom is -0.497 e. The van der Waals surface area contributed by atoms with Gasteiger partial charge in [0.2, 0.25) is 0 Å². The van der Waals surface area contributed by atoms with Crippen LogP contribution in [0.4, 0.5) is 10.6 Å². The number of fused-ring (bicyclic) bond motifs is 4. The number of carbonyl (C=O) groups excluding carboxylic acids is 1. The van der Waals surface area contributed by atoms with Gasteiger partial charge in [0.25, 0.3) is 0 Å². The summed E-state index contributed by atoms with van der Waals surface area (Å²) in [5, 5.41) is 7.22. The van der Waals surface area contributed by atoms with Crippen molar-refractivity contribution in [1.82, 2.24) is 19.5 Å². The third-order valence-corrected chi connectivity index (χ3v) is 13.8. The SMILES string of the molecule is COc1ccc2ccc(-c3cnn4c(N(COCC[Si](C)(C)C)COCC[Si](C)(C)C)cc([C@@H]5C[C@H]6CC[C@@H](C5)N6C(=O)OC(C)(C)C)nc34)cc2c1. The predicted octanol–water partition coefficient (Wildman–Crippen LogP) is 9.63. The molecule has 10 nitrogen and oxygen atoms in total. The predicted molar refractivity (Wildman–Crippen MR) is 220 cm³/mol. The van der Waals surface area contributed by atoms with Crippen molar-refractivity contribution in [1.29, 1.82) is 0 Å². The van der Waals surface area contributed by atoms with E-state index in [9.17, 15) is 4.79 Å². The van der Waals surface area contributed by atoms with Gasteiger partial charge in [-0.2, -0.15) is 9.61 Å². The van der Waals surface area contributed by atoms with Crippen LogP contribution in [0.3, 0.4) is 0 Å². The lowest BCUT2D eigenvalue weighted by Crippen LogP contribution is -2.48. The molecule has 1 amide bonds. The van der Waals surface area contributed by atoms with E-state index in [-0.39, 0.29) is 24.1 Å². The van der Waals surface area contributed by atoms with Gasteiger partial charge in [0.05, 0.1) is 13.3 Å². The Hall–Kier alpha value is -3.46. The maximum atomic E-state index is 13.3. The highest BCUT2D eigenvalue weighted by Crippen LogP contribution is 2.44. The number of methoxy groups -OCH3 is 1. The van der Waals surface area contributed by atoms with Gasteiger partial charge in [0.1, 0.15) is 30.6 Å². The molecule has 0 spiro atoms. The summed E-state index contributed by atoms with van der Waals surface area (Å²) in [7, 11) is -0.849. The quantitative estimate of drug-likeness (QED) is 0.0714. The highest BCUT2D eigenvalue weighted by Gasteiger charge is 2.45. The van der Waals surface area contributed by atoms with E-state index in [0.29, 0.717) is 26.7 Å². The minimum atomic E-state index is -1.27. The van der Waals surface area contributed by atoms with Crippen LogP contribution in [0.15, 0.2) is 48.7 Å². The Labute approximate surface area is 318 Å². The zero-order valence-corrected chi connectivity index (χ0v) is 35.7. The summed E-state index contributed by atoms with van der Waals surface area (Å²) in [6.07, 6.45) is 5.39. The van der Waals surface area contributed by atoms with Crippen molar-refractivity contribution in [2.75, 3.05) is 38.7 Å². The lowest BCUT2D eigenvalue weighted by molar-refractivity contribution is 0.00569. The number of anilines is 1. The first-order valence-electron chi connectivity index (χ1n) is 19.4. The second-order valence-electron chi connectivity index (χ2n) is 18.4. The first-order chi connectivity index (χ1) is 25.0. The number of hydrogen-bond donors (Lipinski definition) is 0. The summed E-state index contributed by atoms with van der Waals surface area (Å²) in [4.78, 5) is 23.0. The van der Waals surface area contributed by atoms with Gasteiger partial charge in [-0.15, -0.1) is 0 Å². The van der Waals surface area contributed by atoms with E-state index in [1.807, 2.05) is 42.4 Å². The number of nitrogens with zero attached hydrogens (tertiary/aromatic N) is 5. The third-order valence-electron chi connectivity index (χ3n) is 10.4. The smallest absolute Gasteiger partial charge is 0.410 e. The number of ether oxygens (including phenoxy) is 4. The Bertz CT molecular complexity index is 1860. The van der Waals surface area contributed by atoms with Gasteiger partial charge in [-0.25, -0.2) is 9.78 Å². The van der Waals surface area contributed by atoms with Crippen molar-refractivity contribution >= 4 is 44.5 Å². The number of piperidine rings is 1. The summed E-state index contributed by atoms with van der Waals surface area (Å²) in [6, 6.07) is 17.3. The maximum Gasteiger partial charge on any atom is 0.410 e. The molecule has 2 aliphatic rings.